The van der Waals surface area contributed by atoms with Crippen LogP contribution in [0.3, 0.4) is 0 Å². The van der Waals surface area contributed by atoms with E-state index in [9.17, 15) is 9.59 Å². The van der Waals surface area contributed by atoms with Gasteiger partial charge in [-0.2, -0.15) is 5.10 Å². The molecule has 1 atom stereocenters. The number of aromatic amines is 2. The number of carbonyl (C=O) groups excluding carboxylic acids is 1. The molecule has 6 heteroatoms. The van der Waals surface area contributed by atoms with Crippen molar-refractivity contribution in [2.24, 2.45) is 0 Å². The number of aromatic nitrogens is 3. The lowest BCUT2D eigenvalue weighted by Crippen LogP contribution is -2.32. The van der Waals surface area contributed by atoms with E-state index < -0.39 is 0 Å². The summed E-state index contributed by atoms with van der Waals surface area (Å²) in [6, 6.07) is 15.5. The molecular weight excluding hydrogens is 352 g/mol. The molecule has 0 spiro atoms. The van der Waals surface area contributed by atoms with Gasteiger partial charge in [-0.1, -0.05) is 36.4 Å². The predicted molar refractivity (Wildman–Crippen MR) is 108 cm³/mol. The molecule has 1 aliphatic rings. The van der Waals surface area contributed by atoms with E-state index in [4.69, 9.17) is 0 Å². The van der Waals surface area contributed by atoms with Crippen LogP contribution in [0.15, 0.2) is 53.3 Å². The topological polar surface area (TPSA) is 90.6 Å². The summed E-state index contributed by atoms with van der Waals surface area (Å²) in [5.41, 5.74) is 3.87. The van der Waals surface area contributed by atoms with Crippen molar-refractivity contribution >= 4 is 27.6 Å². The molecule has 0 radical (unpaired) electrons. The monoisotopic (exact) mass is 372 g/mol. The highest BCUT2D eigenvalue weighted by Gasteiger charge is 2.25. The van der Waals surface area contributed by atoms with Gasteiger partial charge in [-0.25, -0.2) is 5.10 Å². The molecule has 4 aromatic rings. The molecule has 28 heavy (non-hydrogen) atoms. The zero-order valence-electron chi connectivity index (χ0n) is 15.3. The fourth-order valence-corrected chi connectivity index (χ4v) is 4.26. The molecule has 140 valence electrons. The average Bonchev–Trinajstić information content (AvgIpc) is 3.10. The Morgan fingerprint density at radius 1 is 1.07 bits per heavy atom. The highest BCUT2D eigenvalue weighted by molar-refractivity contribution is 5.89. The summed E-state index contributed by atoms with van der Waals surface area (Å²) in [4.78, 5) is 28.2. The van der Waals surface area contributed by atoms with Crippen molar-refractivity contribution in [1.29, 1.82) is 0 Å². The molecule has 0 bridgehead atoms. The zero-order valence-corrected chi connectivity index (χ0v) is 15.3. The third kappa shape index (κ3) is 2.78. The van der Waals surface area contributed by atoms with Crippen LogP contribution in [0.1, 0.15) is 35.8 Å². The number of para-hydroxylation sites is 1. The molecule has 1 amide bonds. The highest BCUT2D eigenvalue weighted by atomic mass is 16.1. The van der Waals surface area contributed by atoms with Gasteiger partial charge in [0.1, 0.15) is 0 Å². The Labute approximate surface area is 161 Å². The minimum atomic E-state index is -0.241. The number of fused-ring (bicyclic) bond motifs is 4. The lowest BCUT2D eigenvalue weighted by Gasteiger charge is -2.24. The summed E-state index contributed by atoms with van der Waals surface area (Å²) in [6.45, 7) is 0. The Bertz CT molecular complexity index is 1250. The molecule has 2 aromatic carbocycles. The van der Waals surface area contributed by atoms with Gasteiger partial charge in [-0.05, 0) is 37.0 Å². The van der Waals surface area contributed by atoms with Gasteiger partial charge < -0.3 is 10.3 Å². The van der Waals surface area contributed by atoms with Crippen LogP contribution < -0.4 is 10.9 Å². The minimum absolute atomic E-state index is 0.0299. The number of amides is 1. The summed E-state index contributed by atoms with van der Waals surface area (Å²) in [5.74, 6) is -0.0961. The molecule has 6 nitrogen and oxygen atoms in total. The number of hydrogen-bond donors (Lipinski definition) is 3. The Kier molecular flexibility index (Phi) is 3.97. The maximum Gasteiger partial charge on any atom is 0.272 e. The number of benzene rings is 2. The van der Waals surface area contributed by atoms with E-state index in [1.165, 1.54) is 10.9 Å². The molecule has 2 heterocycles. The van der Waals surface area contributed by atoms with Gasteiger partial charge in [0.05, 0.1) is 23.5 Å². The molecular formula is C22H20N4O2. The summed E-state index contributed by atoms with van der Waals surface area (Å²) >= 11 is 0. The molecule has 0 fully saturated rings. The van der Waals surface area contributed by atoms with Crippen LogP contribution in [0.4, 0.5) is 0 Å². The second-order valence-electron chi connectivity index (χ2n) is 7.30. The van der Waals surface area contributed by atoms with Gasteiger partial charge in [0.15, 0.2) is 0 Å². The Balaban J connectivity index is 1.42. The van der Waals surface area contributed by atoms with Gasteiger partial charge in [0.25, 0.3) is 5.56 Å². The lowest BCUT2D eigenvalue weighted by atomic mass is 9.91. The Morgan fingerprint density at radius 3 is 2.68 bits per heavy atom. The van der Waals surface area contributed by atoms with Crippen molar-refractivity contribution in [3.05, 3.63) is 75.8 Å². The first-order valence-electron chi connectivity index (χ1n) is 9.56. The van der Waals surface area contributed by atoms with Gasteiger partial charge >= 0.3 is 0 Å². The van der Waals surface area contributed by atoms with E-state index in [1.807, 2.05) is 24.3 Å². The summed E-state index contributed by atoms with van der Waals surface area (Å²) in [6.07, 6.45) is 3.10. The van der Waals surface area contributed by atoms with E-state index >= 15 is 0 Å². The highest BCUT2D eigenvalue weighted by Crippen LogP contribution is 2.34. The first kappa shape index (κ1) is 16.7. The van der Waals surface area contributed by atoms with E-state index in [2.05, 4.69) is 32.6 Å². The van der Waals surface area contributed by atoms with Crippen molar-refractivity contribution in [3.63, 3.8) is 0 Å². The number of aryl methyl sites for hydroxylation is 1. The second kappa shape index (κ2) is 6.64. The largest absolute Gasteiger partial charge is 0.356 e. The van der Waals surface area contributed by atoms with Crippen LogP contribution in [-0.4, -0.2) is 21.1 Å². The number of H-pyrrole nitrogens is 2. The summed E-state index contributed by atoms with van der Waals surface area (Å²) in [7, 11) is 0. The maximum atomic E-state index is 12.8. The van der Waals surface area contributed by atoms with Crippen LogP contribution in [0.25, 0.3) is 21.7 Å². The Morgan fingerprint density at radius 2 is 1.82 bits per heavy atom. The molecule has 0 unspecified atom stereocenters. The van der Waals surface area contributed by atoms with Gasteiger partial charge in [-0.15, -0.1) is 0 Å². The molecule has 5 rings (SSSR count). The van der Waals surface area contributed by atoms with E-state index in [-0.39, 0.29) is 23.9 Å². The maximum absolute atomic E-state index is 12.8. The normalized spacial score (nSPS) is 16.2. The van der Waals surface area contributed by atoms with Crippen LogP contribution in [0.2, 0.25) is 0 Å². The number of nitrogens with zero attached hydrogens (tertiary/aromatic N) is 1. The molecule has 1 aliphatic carbocycles. The zero-order chi connectivity index (χ0) is 19.1. The molecule has 0 saturated heterocycles. The third-order valence-electron chi connectivity index (χ3n) is 5.55. The smallest absolute Gasteiger partial charge is 0.272 e. The quantitative estimate of drug-likeness (QED) is 0.516. The predicted octanol–water partition coefficient (Wildman–Crippen LogP) is 3.14. The first-order valence-corrected chi connectivity index (χ1v) is 9.56. The van der Waals surface area contributed by atoms with Crippen LogP contribution in [0.5, 0.6) is 0 Å². The van der Waals surface area contributed by atoms with Crippen molar-refractivity contribution in [2.45, 2.75) is 31.7 Å². The van der Waals surface area contributed by atoms with Gasteiger partial charge in [0, 0.05) is 22.0 Å². The molecule has 2 aromatic heterocycles. The Hall–Kier alpha value is -3.41. The summed E-state index contributed by atoms with van der Waals surface area (Å²) < 4.78 is 0. The number of hydrogen-bond acceptors (Lipinski definition) is 3. The number of carbonyl (C=O) groups is 1. The van der Waals surface area contributed by atoms with Gasteiger partial charge in [0.2, 0.25) is 5.91 Å². The minimum Gasteiger partial charge on any atom is -0.356 e. The first-order chi connectivity index (χ1) is 13.7. The van der Waals surface area contributed by atoms with Crippen molar-refractivity contribution in [2.75, 3.05) is 0 Å². The second-order valence-corrected chi connectivity index (χ2v) is 7.30. The van der Waals surface area contributed by atoms with Crippen LogP contribution in [0, 0.1) is 0 Å². The van der Waals surface area contributed by atoms with Crippen molar-refractivity contribution in [1.82, 2.24) is 20.5 Å². The standard InChI is InChI=1S/C22H20N4O2/c27-20(12-19-14-7-1-2-8-16(14)22(28)26-25-19)23-18-11-5-9-15-13-6-3-4-10-17(13)24-21(15)18/h1-4,6-8,10,18,24H,5,9,11-12H2,(H,23,27)(H,26,28)/t18-/m1/s1. The fraction of sp³-hybridized carbons (Fsp3) is 0.227. The summed E-state index contributed by atoms with van der Waals surface area (Å²) in [5, 5.41) is 12.3. The van der Waals surface area contributed by atoms with Gasteiger partial charge in [-0.3, -0.25) is 9.59 Å². The molecule has 3 N–H and O–H groups in total. The fourth-order valence-electron chi connectivity index (χ4n) is 4.26. The van der Waals surface area contributed by atoms with Crippen LogP contribution in [-0.2, 0) is 17.6 Å². The third-order valence-corrected chi connectivity index (χ3v) is 5.55. The SMILES string of the molecule is O=C(Cc1n[nH]c(=O)c2ccccc12)N[C@@H]1CCCc2c1[nH]c1ccccc21. The van der Waals surface area contributed by atoms with Crippen molar-refractivity contribution < 1.29 is 4.79 Å². The van der Waals surface area contributed by atoms with Crippen molar-refractivity contribution in [3.8, 4) is 0 Å². The number of rotatable bonds is 3. The number of nitrogens with one attached hydrogen (secondary N) is 3. The average molecular weight is 372 g/mol. The molecule has 0 aliphatic heterocycles. The molecule has 0 saturated carbocycles. The lowest BCUT2D eigenvalue weighted by molar-refractivity contribution is -0.121. The van der Waals surface area contributed by atoms with Crippen LogP contribution >= 0.6 is 0 Å². The van der Waals surface area contributed by atoms with E-state index in [0.717, 1.165) is 35.9 Å². The van der Waals surface area contributed by atoms with E-state index in [0.29, 0.717) is 11.1 Å². The van der Waals surface area contributed by atoms with E-state index in [1.54, 1.807) is 12.1 Å².